The first-order valence-corrected chi connectivity index (χ1v) is 10.7. The highest BCUT2D eigenvalue weighted by atomic mass is 35.5. The number of ether oxygens (including phenoxy) is 1. The lowest BCUT2D eigenvalue weighted by Crippen LogP contribution is -2.30. The summed E-state index contributed by atoms with van der Waals surface area (Å²) in [5, 5.41) is 7.96. The van der Waals surface area contributed by atoms with Crippen LogP contribution >= 0.6 is 11.6 Å². The summed E-state index contributed by atoms with van der Waals surface area (Å²) in [6.45, 7) is 0. The molecular formula is C22H28ClN3O2. The van der Waals surface area contributed by atoms with Crippen LogP contribution in [0.1, 0.15) is 62.8 Å². The van der Waals surface area contributed by atoms with Crippen molar-refractivity contribution in [1.29, 1.82) is 0 Å². The van der Waals surface area contributed by atoms with Gasteiger partial charge in [0.05, 0.1) is 23.7 Å². The standard InChI is InChI=1S/C22H28ClN3O2/c1-28-19-12-8-17(9-13-19)25-20-14-24-26(22(27)21(20)23)18-10-6-16(7-11-18)15-4-2-3-5-15/h6-7,10-11,14-15,17,19,25H,2-5,8-9,12-13H2,1H3/t17-,19+. The average molecular weight is 402 g/mol. The highest BCUT2D eigenvalue weighted by molar-refractivity contribution is 6.32. The van der Waals surface area contributed by atoms with Crippen molar-refractivity contribution in [2.75, 3.05) is 12.4 Å². The number of halogens is 1. The molecule has 1 N–H and O–H groups in total. The summed E-state index contributed by atoms with van der Waals surface area (Å²) in [7, 11) is 1.76. The molecule has 2 fully saturated rings. The van der Waals surface area contributed by atoms with Gasteiger partial charge in [0.1, 0.15) is 5.02 Å². The fourth-order valence-electron chi connectivity index (χ4n) is 4.53. The SMILES string of the molecule is CO[C@H]1CC[C@@H](Nc2cnn(-c3ccc(C4CCCC4)cc3)c(=O)c2Cl)CC1. The van der Waals surface area contributed by atoms with E-state index in [2.05, 4.69) is 22.5 Å². The highest BCUT2D eigenvalue weighted by Gasteiger charge is 2.22. The number of anilines is 1. The van der Waals surface area contributed by atoms with E-state index in [9.17, 15) is 4.79 Å². The van der Waals surface area contributed by atoms with E-state index in [0.717, 1.165) is 31.4 Å². The minimum Gasteiger partial charge on any atom is -0.381 e. The average Bonchev–Trinajstić information content (AvgIpc) is 3.27. The minimum absolute atomic E-state index is 0.198. The number of hydrogen-bond acceptors (Lipinski definition) is 4. The highest BCUT2D eigenvalue weighted by Crippen LogP contribution is 2.34. The van der Waals surface area contributed by atoms with Crippen LogP contribution in [0.4, 0.5) is 5.69 Å². The Balaban J connectivity index is 1.49. The van der Waals surface area contributed by atoms with Gasteiger partial charge in [-0.15, -0.1) is 0 Å². The fourth-order valence-corrected chi connectivity index (χ4v) is 4.71. The van der Waals surface area contributed by atoms with Gasteiger partial charge >= 0.3 is 0 Å². The van der Waals surface area contributed by atoms with Crippen molar-refractivity contribution >= 4 is 17.3 Å². The van der Waals surface area contributed by atoms with Gasteiger partial charge in [-0.2, -0.15) is 9.78 Å². The Hall–Kier alpha value is -1.85. The number of nitrogens with one attached hydrogen (secondary N) is 1. The van der Waals surface area contributed by atoms with Crippen LogP contribution in [0.3, 0.4) is 0 Å². The zero-order chi connectivity index (χ0) is 19.5. The van der Waals surface area contributed by atoms with Crippen LogP contribution in [0.5, 0.6) is 0 Å². The maximum Gasteiger partial charge on any atom is 0.292 e. The Bertz CT molecular complexity index is 851. The Morgan fingerprint density at radius 2 is 1.75 bits per heavy atom. The van der Waals surface area contributed by atoms with Gasteiger partial charge in [-0.1, -0.05) is 36.6 Å². The van der Waals surface area contributed by atoms with Crippen LogP contribution in [0.15, 0.2) is 35.3 Å². The number of rotatable bonds is 5. The van der Waals surface area contributed by atoms with E-state index in [1.54, 1.807) is 13.3 Å². The molecular weight excluding hydrogens is 374 g/mol. The summed E-state index contributed by atoms with van der Waals surface area (Å²) in [6, 6.07) is 8.47. The first kappa shape index (κ1) is 19.5. The molecule has 0 aliphatic heterocycles. The first-order chi connectivity index (χ1) is 13.7. The van der Waals surface area contributed by atoms with Gasteiger partial charge in [0, 0.05) is 13.2 Å². The smallest absolute Gasteiger partial charge is 0.292 e. The Labute approximate surface area is 171 Å². The molecule has 2 aromatic rings. The molecule has 1 aromatic carbocycles. The third kappa shape index (κ3) is 4.11. The van der Waals surface area contributed by atoms with Crippen molar-refractivity contribution in [3.8, 4) is 5.69 Å². The number of benzene rings is 1. The van der Waals surface area contributed by atoms with Crippen LogP contribution in [0.2, 0.25) is 5.02 Å². The second-order valence-corrected chi connectivity index (χ2v) is 8.39. The molecule has 5 nitrogen and oxygen atoms in total. The molecule has 0 bridgehead atoms. The fraction of sp³-hybridized carbons (Fsp3) is 0.545. The van der Waals surface area contributed by atoms with Gasteiger partial charge in [0.15, 0.2) is 0 Å². The molecule has 0 radical (unpaired) electrons. The van der Waals surface area contributed by atoms with E-state index in [1.807, 2.05) is 12.1 Å². The molecule has 2 aliphatic rings. The van der Waals surface area contributed by atoms with Gasteiger partial charge in [0.2, 0.25) is 0 Å². The molecule has 2 aliphatic carbocycles. The van der Waals surface area contributed by atoms with Crippen molar-refractivity contribution in [2.45, 2.75) is 69.4 Å². The number of methoxy groups -OCH3 is 1. The molecule has 0 spiro atoms. The number of hydrogen-bond donors (Lipinski definition) is 1. The lowest BCUT2D eigenvalue weighted by Gasteiger charge is -2.29. The third-order valence-corrected chi connectivity index (χ3v) is 6.62. The van der Waals surface area contributed by atoms with E-state index in [0.29, 0.717) is 23.8 Å². The minimum atomic E-state index is -0.286. The molecule has 4 rings (SSSR count). The van der Waals surface area contributed by atoms with Gasteiger partial charge in [-0.25, -0.2) is 0 Å². The second-order valence-electron chi connectivity index (χ2n) is 8.02. The van der Waals surface area contributed by atoms with E-state index < -0.39 is 0 Å². The van der Waals surface area contributed by atoms with E-state index in [1.165, 1.54) is 35.9 Å². The molecule has 1 heterocycles. The summed E-state index contributed by atoms with van der Waals surface area (Å²) in [4.78, 5) is 12.8. The molecule has 150 valence electrons. The number of aromatic nitrogens is 2. The van der Waals surface area contributed by atoms with E-state index in [4.69, 9.17) is 16.3 Å². The second kappa shape index (κ2) is 8.66. The van der Waals surface area contributed by atoms with Crippen LogP contribution < -0.4 is 10.9 Å². The normalized spacial score (nSPS) is 23.1. The van der Waals surface area contributed by atoms with Crippen LogP contribution in [0, 0.1) is 0 Å². The summed E-state index contributed by atoms with van der Waals surface area (Å²) in [6.07, 6.45) is 11.2. The van der Waals surface area contributed by atoms with Crippen LogP contribution in [-0.2, 0) is 4.74 Å². The molecule has 2 saturated carbocycles. The Morgan fingerprint density at radius 3 is 2.39 bits per heavy atom. The number of nitrogens with zero attached hydrogens (tertiary/aromatic N) is 2. The molecule has 0 saturated heterocycles. The first-order valence-electron chi connectivity index (χ1n) is 10.3. The topological polar surface area (TPSA) is 56.1 Å². The maximum absolute atomic E-state index is 12.8. The van der Waals surface area contributed by atoms with Crippen LogP contribution in [0.25, 0.3) is 5.69 Å². The Morgan fingerprint density at radius 1 is 1.07 bits per heavy atom. The van der Waals surface area contributed by atoms with Crippen LogP contribution in [-0.4, -0.2) is 29.0 Å². The molecule has 0 amide bonds. The van der Waals surface area contributed by atoms with Gasteiger partial charge in [-0.3, -0.25) is 4.79 Å². The molecule has 1 aromatic heterocycles. The van der Waals surface area contributed by atoms with Gasteiger partial charge in [-0.05, 0) is 62.1 Å². The molecule has 0 atom stereocenters. The van der Waals surface area contributed by atoms with Crippen molar-refractivity contribution in [3.63, 3.8) is 0 Å². The zero-order valence-electron chi connectivity index (χ0n) is 16.4. The summed E-state index contributed by atoms with van der Waals surface area (Å²) in [5.74, 6) is 0.655. The lowest BCUT2D eigenvalue weighted by molar-refractivity contribution is 0.0682. The zero-order valence-corrected chi connectivity index (χ0v) is 17.1. The van der Waals surface area contributed by atoms with Crippen molar-refractivity contribution in [3.05, 3.63) is 51.4 Å². The molecule has 6 heteroatoms. The Kier molecular flexibility index (Phi) is 6.02. The maximum atomic E-state index is 12.8. The largest absolute Gasteiger partial charge is 0.381 e. The lowest BCUT2D eigenvalue weighted by atomic mass is 9.93. The van der Waals surface area contributed by atoms with E-state index in [-0.39, 0.29) is 10.6 Å². The van der Waals surface area contributed by atoms with Gasteiger partial charge < -0.3 is 10.1 Å². The predicted octanol–water partition coefficient (Wildman–Crippen LogP) is 4.91. The van der Waals surface area contributed by atoms with Crippen molar-refractivity contribution < 1.29 is 4.74 Å². The predicted molar refractivity (Wildman–Crippen MR) is 113 cm³/mol. The summed E-state index contributed by atoms with van der Waals surface area (Å²) in [5.41, 5.74) is 2.43. The van der Waals surface area contributed by atoms with E-state index >= 15 is 0 Å². The van der Waals surface area contributed by atoms with Crippen molar-refractivity contribution in [2.24, 2.45) is 0 Å². The summed E-state index contributed by atoms with van der Waals surface area (Å²) < 4.78 is 6.80. The third-order valence-electron chi connectivity index (χ3n) is 6.25. The van der Waals surface area contributed by atoms with Crippen molar-refractivity contribution in [1.82, 2.24) is 9.78 Å². The monoisotopic (exact) mass is 401 g/mol. The summed E-state index contributed by atoms with van der Waals surface area (Å²) >= 11 is 6.40. The van der Waals surface area contributed by atoms with Gasteiger partial charge in [0.25, 0.3) is 5.56 Å². The quantitative estimate of drug-likeness (QED) is 0.773. The molecule has 28 heavy (non-hydrogen) atoms. The molecule has 0 unspecified atom stereocenters.